The Morgan fingerprint density at radius 1 is 0.905 bits per heavy atom. The van der Waals surface area contributed by atoms with Crippen LogP contribution in [-0.4, -0.2) is 10.2 Å². The van der Waals surface area contributed by atoms with Crippen molar-refractivity contribution in [1.82, 2.24) is 10.2 Å². The summed E-state index contributed by atoms with van der Waals surface area (Å²) in [5, 5.41) is 11.7. The van der Waals surface area contributed by atoms with Crippen molar-refractivity contribution in [2.24, 2.45) is 0 Å². The Kier molecular flexibility index (Phi) is 4.06. The first kappa shape index (κ1) is 14.3. The molecule has 0 bridgehead atoms. The summed E-state index contributed by atoms with van der Waals surface area (Å²) < 4.78 is 0. The number of benzene rings is 2. The Bertz CT molecular complexity index is 770. The van der Waals surface area contributed by atoms with Gasteiger partial charge in [0.15, 0.2) is 0 Å². The summed E-state index contributed by atoms with van der Waals surface area (Å²) in [5.41, 5.74) is 2.61. The smallest absolute Gasteiger partial charge is 0.125 e. The quantitative estimate of drug-likeness (QED) is 0.635. The molecule has 0 fully saturated rings. The lowest BCUT2D eigenvalue weighted by molar-refractivity contribution is 1.09. The fourth-order valence-corrected chi connectivity index (χ4v) is 2.67. The summed E-state index contributed by atoms with van der Waals surface area (Å²) in [6.45, 7) is 0. The van der Waals surface area contributed by atoms with Crippen LogP contribution in [0.3, 0.4) is 0 Å². The lowest BCUT2D eigenvalue weighted by Gasteiger charge is -2.10. The van der Waals surface area contributed by atoms with Gasteiger partial charge in [0.25, 0.3) is 0 Å². The highest BCUT2D eigenvalue weighted by atomic mass is 35.5. The lowest BCUT2D eigenvalue weighted by atomic mass is 10.0. The molecular formula is C15H10Cl3N3. The van der Waals surface area contributed by atoms with Gasteiger partial charge in [-0.3, -0.25) is 5.10 Å². The van der Waals surface area contributed by atoms with E-state index in [-0.39, 0.29) is 0 Å². The van der Waals surface area contributed by atoms with E-state index >= 15 is 0 Å². The molecule has 3 aromatic rings. The highest BCUT2D eigenvalue weighted by Crippen LogP contribution is 2.34. The molecule has 3 nitrogen and oxygen atoms in total. The van der Waals surface area contributed by atoms with Crippen LogP contribution in [0.4, 0.5) is 11.5 Å². The second-order valence-corrected chi connectivity index (χ2v) is 5.66. The number of rotatable bonds is 3. The SMILES string of the molecule is Clc1ccc(-c2ccc(Cl)c(Nc3ccn[nH]3)c2)c(Cl)c1. The van der Waals surface area contributed by atoms with Gasteiger partial charge in [0, 0.05) is 21.7 Å². The van der Waals surface area contributed by atoms with Gasteiger partial charge >= 0.3 is 0 Å². The van der Waals surface area contributed by atoms with Crippen LogP contribution < -0.4 is 5.32 Å². The zero-order chi connectivity index (χ0) is 14.8. The first-order valence-corrected chi connectivity index (χ1v) is 7.28. The predicted octanol–water partition coefficient (Wildman–Crippen LogP) is 5.78. The third kappa shape index (κ3) is 3.16. The number of aromatic amines is 1. The molecular weight excluding hydrogens is 329 g/mol. The third-order valence-corrected chi connectivity index (χ3v) is 3.86. The highest BCUT2D eigenvalue weighted by Gasteiger charge is 2.08. The van der Waals surface area contributed by atoms with Gasteiger partial charge in [0.1, 0.15) is 5.82 Å². The van der Waals surface area contributed by atoms with Crippen LogP contribution in [0.5, 0.6) is 0 Å². The molecule has 2 aromatic carbocycles. The Morgan fingerprint density at radius 3 is 2.48 bits per heavy atom. The largest absolute Gasteiger partial charge is 0.339 e. The van der Waals surface area contributed by atoms with Crippen LogP contribution in [0.15, 0.2) is 48.7 Å². The van der Waals surface area contributed by atoms with E-state index in [0.29, 0.717) is 15.1 Å². The highest BCUT2D eigenvalue weighted by molar-refractivity contribution is 6.36. The molecule has 0 atom stereocenters. The number of nitrogens with one attached hydrogen (secondary N) is 2. The molecule has 1 aromatic heterocycles. The van der Waals surface area contributed by atoms with Gasteiger partial charge in [0.05, 0.1) is 16.9 Å². The molecule has 21 heavy (non-hydrogen) atoms. The maximum atomic E-state index is 6.24. The van der Waals surface area contributed by atoms with Crippen molar-refractivity contribution < 1.29 is 0 Å². The summed E-state index contributed by atoms with van der Waals surface area (Å²) >= 11 is 18.4. The summed E-state index contributed by atoms with van der Waals surface area (Å²) in [6, 6.07) is 12.9. The molecule has 0 spiro atoms. The van der Waals surface area contributed by atoms with Crippen molar-refractivity contribution in [2.45, 2.75) is 0 Å². The number of halogens is 3. The van der Waals surface area contributed by atoms with Crippen LogP contribution in [0.25, 0.3) is 11.1 Å². The van der Waals surface area contributed by atoms with Gasteiger partial charge in [-0.05, 0) is 29.8 Å². The molecule has 106 valence electrons. The molecule has 1 heterocycles. The fraction of sp³-hybridized carbons (Fsp3) is 0. The average molecular weight is 339 g/mol. The van der Waals surface area contributed by atoms with E-state index in [0.717, 1.165) is 22.6 Å². The Labute approximate surface area is 136 Å². The minimum Gasteiger partial charge on any atom is -0.339 e. The van der Waals surface area contributed by atoms with Crippen LogP contribution in [0, 0.1) is 0 Å². The Balaban J connectivity index is 2.00. The number of aromatic nitrogens is 2. The maximum Gasteiger partial charge on any atom is 0.125 e. The lowest BCUT2D eigenvalue weighted by Crippen LogP contribution is -1.92. The topological polar surface area (TPSA) is 40.7 Å². The Morgan fingerprint density at radius 2 is 1.76 bits per heavy atom. The van der Waals surface area contributed by atoms with E-state index in [9.17, 15) is 0 Å². The minimum absolute atomic E-state index is 0.595. The monoisotopic (exact) mass is 337 g/mol. The van der Waals surface area contributed by atoms with Crippen molar-refractivity contribution in [3.63, 3.8) is 0 Å². The van der Waals surface area contributed by atoms with Crippen LogP contribution in [0.1, 0.15) is 0 Å². The molecule has 0 amide bonds. The van der Waals surface area contributed by atoms with E-state index < -0.39 is 0 Å². The first-order valence-electron chi connectivity index (χ1n) is 6.15. The standard InChI is InChI=1S/C15H10Cl3N3/c16-10-2-3-11(13(18)8-10)9-1-4-12(17)14(7-9)20-15-5-6-19-21-15/h1-8H,(H2,19,20,21). The van der Waals surface area contributed by atoms with E-state index in [1.807, 2.05) is 30.3 Å². The van der Waals surface area contributed by atoms with Gasteiger partial charge in [-0.2, -0.15) is 5.10 Å². The van der Waals surface area contributed by atoms with E-state index in [1.165, 1.54) is 0 Å². The van der Waals surface area contributed by atoms with Gasteiger partial charge in [-0.1, -0.05) is 46.9 Å². The van der Waals surface area contributed by atoms with E-state index in [4.69, 9.17) is 34.8 Å². The van der Waals surface area contributed by atoms with Crippen molar-refractivity contribution in [3.8, 4) is 11.1 Å². The van der Waals surface area contributed by atoms with E-state index in [2.05, 4.69) is 15.5 Å². The van der Waals surface area contributed by atoms with E-state index in [1.54, 1.807) is 18.3 Å². The van der Waals surface area contributed by atoms with Gasteiger partial charge in [-0.15, -0.1) is 0 Å². The first-order chi connectivity index (χ1) is 10.1. The summed E-state index contributed by atoms with van der Waals surface area (Å²) in [4.78, 5) is 0. The normalized spacial score (nSPS) is 10.6. The number of anilines is 2. The molecule has 0 aliphatic rings. The van der Waals surface area contributed by atoms with Crippen molar-refractivity contribution in [2.75, 3.05) is 5.32 Å². The molecule has 0 unspecified atom stereocenters. The molecule has 2 N–H and O–H groups in total. The van der Waals surface area contributed by atoms with Crippen molar-refractivity contribution in [1.29, 1.82) is 0 Å². The minimum atomic E-state index is 0.595. The zero-order valence-corrected chi connectivity index (χ0v) is 13.0. The number of H-pyrrole nitrogens is 1. The number of nitrogens with zero attached hydrogens (tertiary/aromatic N) is 1. The molecule has 0 aliphatic carbocycles. The summed E-state index contributed by atoms with van der Waals surface area (Å²) in [7, 11) is 0. The van der Waals surface area contributed by atoms with Crippen molar-refractivity contribution >= 4 is 46.3 Å². The fourth-order valence-electron chi connectivity index (χ4n) is 1.98. The third-order valence-electron chi connectivity index (χ3n) is 2.98. The van der Waals surface area contributed by atoms with Crippen LogP contribution in [-0.2, 0) is 0 Å². The molecule has 3 rings (SSSR count). The van der Waals surface area contributed by atoms with Crippen LogP contribution >= 0.6 is 34.8 Å². The van der Waals surface area contributed by atoms with Gasteiger partial charge < -0.3 is 5.32 Å². The molecule has 0 saturated heterocycles. The predicted molar refractivity (Wildman–Crippen MR) is 88.8 cm³/mol. The Hall–Kier alpha value is -1.68. The van der Waals surface area contributed by atoms with Gasteiger partial charge in [0.2, 0.25) is 0 Å². The zero-order valence-electron chi connectivity index (χ0n) is 10.7. The average Bonchev–Trinajstić information content (AvgIpc) is 2.95. The second-order valence-electron chi connectivity index (χ2n) is 4.41. The van der Waals surface area contributed by atoms with Crippen LogP contribution in [0.2, 0.25) is 15.1 Å². The number of hydrogen-bond donors (Lipinski definition) is 2. The van der Waals surface area contributed by atoms with Crippen molar-refractivity contribution in [3.05, 3.63) is 63.7 Å². The summed E-state index contributed by atoms with van der Waals surface area (Å²) in [5.74, 6) is 0.760. The van der Waals surface area contributed by atoms with Gasteiger partial charge in [-0.25, -0.2) is 0 Å². The molecule has 0 radical (unpaired) electrons. The molecule has 0 saturated carbocycles. The maximum absolute atomic E-state index is 6.24. The summed E-state index contributed by atoms with van der Waals surface area (Å²) in [6.07, 6.45) is 1.66. The number of hydrogen-bond acceptors (Lipinski definition) is 2. The second kappa shape index (κ2) is 5.98. The molecule has 6 heteroatoms. The molecule has 0 aliphatic heterocycles.